The Morgan fingerprint density at radius 1 is 1.14 bits per heavy atom. The molecule has 5 rings (SSSR count). The van der Waals surface area contributed by atoms with E-state index in [1.165, 1.54) is 14.0 Å². The van der Waals surface area contributed by atoms with Crippen LogP contribution in [-0.2, 0) is 33.4 Å². The fraction of sp³-hybridized carbons (Fsp3) is 0.556. The van der Waals surface area contributed by atoms with E-state index in [9.17, 15) is 19.2 Å². The number of methoxy groups -OCH3 is 1. The summed E-state index contributed by atoms with van der Waals surface area (Å²) in [5.74, 6) is -3.23. The van der Waals surface area contributed by atoms with Crippen LogP contribution in [-0.4, -0.2) is 36.9 Å². The van der Waals surface area contributed by atoms with Crippen molar-refractivity contribution >= 4 is 45.1 Å². The lowest BCUT2D eigenvalue weighted by atomic mass is 9.43. The number of thiophene rings is 1. The molecule has 1 aromatic carbocycles. The molecule has 0 amide bonds. The summed E-state index contributed by atoms with van der Waals surface area (Å²) in [5, 5.41) is 1.08. The second kappa shape index (κ2) is 8.43. The Hall–Kier alpha value is -2.74. The minimum atomic E-state index is -1.04. The Morgan fingerprint density at radius 3 is 2.57 bits per heavy atom. The topological polar surface area (TPSA) is 96.0 Å². The summed E-state index contributed by atoms with van der Waals surface area (Å²) in [5.41, 5.74) is -1.47. The standard InChI is InChI=1S/C27H30O7S/c1-14(28)33-18-12-17(24(30)32-4)26(2)10-9-16-25(31)34-19(13-27(16,3)23(26)22(18)29)21-11-15-7-5-6-8-20(15)35-21/h5-8,11,16-19,23H,9-10,12-13H2,1-4H3/t16-,17-,18-,19-,23-,26-,27-/m0/s1. The lowest BCUT2D eigenvalue weighted by Gasteiger charge is -2.60. The summed E-state index contributed by atoms with van der Waals surface area (Å²) in [6.07, 6.45) is 0.0820. The highest BCUT2D eigenvalue weighted by Gasteiger charge is 2.67. The Kier molecular flexibility index (Phi) is 5.78. The van der Waals surface area contributed by atoms with Gasteiger partial charge in [0, 0.05) is 28.8 Å². The zero-order valence-electron chi connectivity index (χ0n) is 20.4. The monoisotopic (exact) mass is 498 g/mol. The number of ether oxygens (including phenoxy) is 3. The number of carbonyl (C=O) groups is 4. The lowest BCUT2D eigenvalue weighted by molar-refractivity contribution is -0.210. The average molecular weight is 499 g/mol. The number of esters is 3. The van der Waals surface area contributed by atoms with Gasteiger partial charge in [-0.05, 0) is 47.6 Å². The first kappa shape index (κ1) is 24.0. The van der Waals surface area contributed by atoms with E-state index in [2.05, 4.69) is 0 Å². The van der Waals surface area contributed by atoms with Crippen LogP contribution in [0, 0.1) is 28.6 Å². The van der Waals surface area contributed by atoms with Crippen LogP contribution in [0.1, 0.15) is 57.4 Å². The molecule has 1 saturated heterocycles. The van der Waals surface area contributed by atoms with E-state index < -0.39 is 52.7 Å². The SMILES string of the molecule is COC(=O)[C@@H]1C[C@H](OC(C)=O)C(=O)[C@H]2[C@@]1(C)CC[C@H]1C(=O)O[C@H](c3cc4ccccc4s3)C[C@]21C. The van der Waals surface area contributed by atoms with Crippen molar-refractivity contribution in [3.8, 4) is 0 Å². The van der Waals surface area contributed by atoms with Crippen molar-refractivity contribution in [1.82, 2.24) is 0 Å². The van der Waals surface area contributed by atoms with Crippen LogP contribution in [0.25, 0.3) is 10.1 Å². The molecule has 1 aliphatic heterocycles. The number of rotatable bonds is 3. The van der Waals surface area contributed by atoms with Gasteiger partial charge in [-0.2, -0.15) is 0 Å². The first-order valence-electron chi connectivity index (χ1n) is 12.1. The number of ketones is 1. The fourth-order valence-corrected chi connectivity index (χ4v) is 8.23. The van der Waals surface area contributed by atoms with Gasteiger partial charge in [0.1, 0.15) is 6.10 Å². The molecule has 0 spiro atoms. The highest BCUT2D eigenvalue weighted by molar-refractivity contribution is 7.19. The van der Waals surface area contributed by atoms with Crippen LogP contribution in [0.3, 0.4) is 0 Å². The number of benzene rings is 1. The van der Waals surface area contributed by atoms with Crippen molar-refractivity contribution < 1.29 is 33.4 Å². The summed E-state index contributed by atoms with van der Waals surface area (Å²) >= 11 is 1.59. The number of hydrogen-bond acceptors (Lipinski definition) is 8. The van der Waals surface area contributed by atoms with Crippen LogP contribution >= 0.6 is 11.3 Å². The van der Waals surface area contributed by atoms with Gasteiger partial charge < -0.3 is 14.2 Å². The highest BCUT2D eigenvalue weighted by Crippen LogP contribution is 2.65. The summed E-state index contributed by atoms with van der Waals surface area (Å²) in [7, 11) is 1.33. The molecule has 1 aromatic heterocycles. The number of cyclic esters (lactones) is 1. The molecular formula is C27H30O7S. The molecule has 3 aliphatic rings. The third-order valence-electron chi connectivity index (χ3n) is 8.66. The number of fused-ring (bicyclic) bond motifs is 4. The third kappa shape index (κ3) is 3.68. The number of hydrogen-bond donors (Lipinski definition) is 0. The van der Waals surface area contributed by atoms with Gasteiger partial charge in [-0.3, -0.25) is 19.2 Å². The Bertz CT molecular complexity index is 1180. The van der Waals surface area contributed by atoms with Crippen molar-refractivity contribution in [1.29, 1.82) is 0 Å². The van der Waals surface area contributed by atoms with E-state index in [1.54, 1.807) is 11.3 Å². The van der Waals surface area contributed by atoms with Crippen molar-refractivity contribution in [3.05, 3.63) is 35.2 Å². The van der Waals surface area contributed by atoms with Crippen molar-refractivity contribution in [2.45, 2.75) is 58.7 Å². The maximum atomic E-state index is 13.9. The van der Waals surface area contributed by atoms with Crippen LogP contribution in [0.15, 0.2) is 30.3 Å². The molecule has 35 heavy (non-hydrogen) atoms. The zero-order valence-corrected chi connectivity index (χ0v) is 21.2. The molecule has 8 heteroatoms. The second-order valence-corrected chi connectivity index (χ2v) is 11.8. The molecule has 2 aromatic rings. The molecule has 2 saturated carbocycles. The smallest absolute Gasteiger partial charge is 0.310 e. The van der Waals surface area contributed by atoms with Gasteiger partial charge in [0.2, 0.25) is 0 Å². The lowest BCUT2D eigenvalue weighted by Crippen LogP contribution is -2.64. The van der Waals surface area contributed by atoms with Gasteiger partial charge in [0.05, 0.1) is 18.9 Å². The first-order valence-corrected chi connectivity index (χ1v) is 12.9. The summed E-state index contributed by atoms with van der Waals surface area (Å²) in [4.78, 5) is 52.9. The average Bonchev–Trinajstić information content (AvgIpc) is 3.24. The fourth-order valence-electron chi connectivity index (χ4n) is 7.14. The minimum Gasteiger partial charge on any atom is -0.469 e. The van der Waals surface area contributed by atoms with E-state index in [1.807, 2.05) is 44.2 Å². The predicted octanol–water partition coefficient (Wildman–Crippen LogP) is 4.62. The number of Topliss-reactive ketones (excluding diaryl/α,β-unsaturated/α-hetero) is 1. The molecule has 0 N–H and O–H groups in total. The largest absolute Gasteiger partial charge is 0.469 e. The van der Waals surface area contributed by atoms with Crippen molar-refractivity contribution in [3.63, 3.8) is 0 Å². The predicted molar refractivity (Wildman–Crippen MR) is 128 cm³/mol. The third-order valence-corrected chi connectivity index (χ3v) is 9.87. The molecule has 0 radical (unpaired) electrons. The summed E-state index contributed by atoms with van der Waals surface area (Å²) < 4.78 is 17.6. The molecule has 2 aliphatic carbocycles. The molecule has 2 heterocycles. The molecule has 0 bridgehead atoms. The van der Waals surface area contributed by atoms with Crippen LogP contribution in [0.2, 0.25) is 0 Å². The number of carbonyl (C=O) groups excluding carboxylic acids is 4. The molecule has 0 unspecified atom stereocenters. The molecule has 7 nitrogen and oxygen atoms in total. The molecular weight excluding hydrogens is 468 g/mol. The van der Waals surface area contributed by atoms with Crippen molar-refractivity contribution in [2.24, 2.45) is 28.6 Å². The van der Waals surface area contributed by atoms with Gasteiger partial charge in [-0.15, -0.1) is 11.3 Å². The van der Waals surface area contributed by atoms with Gasteiger partial charge in [0.15, 0.2) is 11.9 Å². The van der Waals surface area contributed by atoms with Gasteiger partial charge in [-0.25, -0.2) is 0 Å². The van der Waals surface area contributed by atoms with Crippen LogP contribution in [0.5, 0.6) is 0 Å². The summed E-state index contributed by atoms with van der Waals surface area (Å²) in [6, 6.07) is 10.1. The van der Waals surface area contributed by atoms with Gasteiger partial charge >= 0.3 is 17.9 Å². The normalized spacial score (nSPS) is 36.6. The quantitative estimate of drug-likeness (QED) is 0.450. The Balaban J connectivity index is 1.58. The highest BCUT2D eigenvalue weighted by atomic mass is 32.1. The van der Waals surface area contributed by atoms with E-state index in [0.29, 0.717) is 19.3 Å². The van der Waals surface area contributed by atoms with Crippen LogP contribution in [0.4, 0.5) is 0 Å². The van der Waals surface area contributed by atoms with Gasteiger partial charge in [-0.1, -0.05) is 32.0 Å². The minimum absolute atomic E-state index is 0.100. The zero-order chi connectivity index (χ0) is 25.1. The second-order valence-electron chi connectivity index (χ2n) is 10.7. The van der Waals surface area contributed by atoms with Crippen molar-refractivity contribution in [2.75, 3.05) is 7.11 Å². The van der Waals surface area contributed by atoms with E-state index in [4.69, 9.17) is 14.2 Å². The van der Waals surface area contributed by atoms with Crippen LogP contribution < -0.4 is 0 Å². The summed E-state index contributed by atoms with van der Waals surface area (Å²) in [6.45, 7) is 5.19. The van der Waals surface area contributed by atoms with E-state index in [-0.39, 0.29) is 18.2 Å². The van der Waals surface area contributed by atoms with E-state index in [0.717, 1.165) is 15.0 Å². The molecule has 7 atom stereocenters. The van der Waals surface area contributed by atoms with Gasteiger partial charge in [0.25, 0.3) is 0 Å². The molecule has 3 fully saturated rings. The maximum Gasteiger partial charge on any atom is 0.310 e. The Morgan fingerprint density at radius 2 is 1.89 bits per heavy atom. The first-order chi connectivity index (χ1) is 16.6. The van der Waals surface area contributed by atoms with E-state index >= 15 is 0 Å². The Labute approximate surface area is 208 Å². The molecule has 186 valence electrons. The maximum absolute atomic E-state index is 13.9.